The third kappa shape index (κ3) is 3.07. The van der Waals surface area contributed by atoms with E-state index < -0.39 is 0 Å². The monoisotopic (exact) mass is 238 g/mol. The summed E-state index contributed by atoms with van der Waals surface area (Å²) in [6.07, 6.45) is 8.29. The molecule has 1 N–H and O–H groups in total. The van der Waals surface area contributed by atoms with E-state index in [1.165, 1.54) is 5.56 Å². The molecule has 1 saturated heterocycles. The summed E-state index contributed by atoms with van der Waals surface area (Å²) >= 11 is 0. The molecular formula is C13H22N2O2. The zero-order chi connectivity index (χ0) is 12.3. The third-order valence-corrected chi connectivity index (χ3v) is 3.67. The van der Waals surface area contributed by atoms with E-state index in [0.29, 0.717) is 0 Å². The maximum absolute atomic E-state index is 10.2. The average molecular weight is 238 g/mol. The van der Waals surface area contributed by atoms with Crippen LogP contribution in [0.1, 0.15) is 38.2 Å². The molecule has 2 heterocycles. The fourth-order valence-electron chi connectivity index (χ4n) is 2.43. The third-order valence-electron chi connectivity index (χ3n) is 3.67. The topological polar surface area (TPSA) is 47.3 Å². The largest absolute Gasteiger partial charge is 0.390 e. The van der Waals surface area contributed by atoms with Crippen molar-refractivity contribution in [3.8, 4) is 0 Å². The number of aliphatic hydroxyl groups excluding tert-OH is 1. The van der Waals surface area contributed by atoms with Crippen LogP contribution in [0.15, 0.2) is 12.4 Å². The first kappa shape index (κ1) is 12.6. The molecule has 1 aromatic rings. The second-order valence-electron chi connectivity index (χ2n) is 5.19. The van der Waals surface area contributed by atoms with Crippen molar-refractivity contribution in [1.29, 1.82) is 0 Å². The van der Waals surface area contributed by atoms with E-state index in [1.807, 2.05) is 26.4 Å². The van der Waals surface area contributed by atoms with E-state index in [-0.39, 0.29) is 11.7 Å². The van der Waals surface area contributed by atoms with Gasteiger partial charge in [0.25, 0.3) is 0 Å². The highest BCUT2D eigenvalue weighted by Gasteiger charge is 2.35. The molecule has 96 valence electrons. The van der Waals surface area contributed by atoms with Gasteiger partial charge in [-0.25, -0.2) is 0 Å². The van der Waals surface area contributed by atoms with Crippen molar-refractivity contribution in [2.24, 2.45) is 7.05 Å². The Bertz CT molecular complexity index is 356. The molecule has 0 radical (unpaired) electrons. The van der Waals surface area contributed by atoms with Crippen molar-refractivity contribution in [3.63, 3.8) is 0 Å². The Labute approximate surface area is 103 Å². The molecule has 1 aliphatic heterocycles. The molecule has 1 aliphatic rings. The molecule has 0 bridgehead atoms. The van der Waals surface area contributed by atoms with Crippen molar-refractivity contribution in [3.05, 3.63) is 18.0 Å². The summed E-state index contributed by atoms with van der Waals surface area (Å²) in [5, 5.41) is 14.4. The number of ether oxygens (including phenoxy) is 1. The van der Waals surface area contributed by atoms with Crippen LogP contribution in [0.2, 0.25) is 0 Å². The molecule has 0 aliphatic carbocycles. The predicted molar refractivity (Wildman–Crippen MR) is 65.7 cm³/mol. The predicted octanol–water partition coefficient (Wildman–Crippen LogP) is 1.67. The molecule has 0 spiro atoms. The van der Waals surface area contributed by atoms with Gasteiger partial charge >= 0.3 is 0 Å². The molecule has 0 saturated carbocycles. The SMILES string of the molecule is Cn1cc(CCC(O)C2(C)CCCCO2)cn1. The summed E-state index contributed by atoms with van der Waals surface area (Å²) in [7, 11) is 1.91. The van der Waals surface area contributed by atoms with E-state index >= 15 is 0 Å². The first-order valence-electron chi connectivity index (χ1n) is 6.40. The van der Waals surface area contributed by atoms with Crippen molar-refractivity contribution >= 4 is 0 Å². The molecular weight excluding hydrogens is 216 g/mol. The van der Waals surface area contributed by atoms with Gasteiger partial charge in [-0.2, -0.15) is 5.10 Å². The van der Waals surface area contributed by atoms with Gasteiger partial charge in [0.2, 0.25) is 0 Å². The zero-order valence-electron chi connectivity index (χ0n) is 10.7. The Hall–Kier alpha value is -0.870. The Morgan fingerprint density at radius 2 is 2.41 bits per heavy atom. The molecule has 1 fully saturated rings. The van der Waals surface area contributed by atoms with Crippen LogP contribution in [-0.2, 0) is 18.2 Å². The maximum atomic E-state index is 10.2. The number of hydrogen-bond donors (Lipinski definition) is 1. The zero-order valence-corrected chi connectivity index (χ0v) is 10.7. The minimum Gasteiger partial charge on any atom is -0.390 e. The number of aryl methyl sites for hydroxylation is 2. The van der Waals surface area contributed by atoms with Crippen LogP contribution in [0.4, 0.5) is 0 Å². The lowest BCUT2D eigenvalue weighted by atomic mass is 9.87. The number of aromatic nitrogens is 2. The van der Waals surface area contributed by atoms with Gasteiger partial charge in [-0.1, -0.05) is 0 Å². The van der Waals surface area contributed by atoms with E-state index in [9.17, 15) is 5.11 Å². The van der Waals surface area contributed by atoms with Crippen LogP contribution in [0.25, 0.3) is 0 Å². The van der Waals surface area contributed by atoms with Crippen LogP contribution in [0.5, 0.6) is 0 Å². The van der Waals surface area contributed by atoms with E-state index in [4.69, 9.17) is 4.74 Å². The molecule has 1 aromatic heterocycles. The Morgan fingerprint density at radius 3 is 3.00 bits per heavy atom. The van der Waals surface area contributed by atoms with Crippen LogP contribution >= 0.6 is 0 Å². The van der Waals surface area contributed by atoms with Crippen molar-refractivity contribution < 1.29 is 9.84 Å². The highest BCUT2D eigenvalue weighted by Crippen LogP contribution is 2.29. The first-order valence-corrected chi connectivity index (χ1v) is 6.40. The van der Waals surface area contributed by atoms with Gasteiger partial charge in [-0.05, 0) is 44.6 Å². The molecule has 0 aromatic carbocycles. The number of rotatable bonds is 4. The lowest BCUT2D eigenvalue weighted by Gasteiger charge is -2.38. The van der Waals surface area contributed by atoms with Gasteiger partial charge < -0.3 is 9.84 Å². The minimum atomic E-state index is -0.386. The Morgan fingerprint density at radius 1 is 1.59 bits per heavy atom. The molecule has 2 rings (SSSR count). The van der Waals surface area contributed by atoms with Gasteiger partial charge in [-0.15, -0.1) is 0 Å². The molecule has 17 heavy (non-hydrogen) atoms. The fourth-order valence-corrected chi connectivity index (χ4v) is 2.43. The lowest BCUT2D eigenvalue weighted by molar-refractivity contribution is -0.137. The van der Waals surface area contributed by atoms with Crippen LogP contribution < -0.4 is 0 Å². The summed E-state index contributed by atoms with van der Waals surface area (Å²) in [5.74, 6) is 0. The fraction of sp³-hybridized carbons (Fsp3) is 0.769. The van der Waals surface area contributed by atoms with Crippen molar-refractivity contribution in [1.82, 2.24) is 9.78 Å². The molecule has 0 amide bonds. The molecule has 4 nitrogen and oxygen atoms in total. The first-order chi connectivity index (χ1) is 8.10. The number of nitrogens with zero attached hydrogens (tertiary/aromatic N) is 2. The van der Waals surface area contributed by atoms with Crippen LogP contribution in [-0.4, -0.2) is 33.2 Å². The molecule has 2 atom stereocenters. The molecule has 4 heteroatoms. The van der Waals surface area contributed by atoms with Crippen molar-refractivity contribution in [2.75, 3.05) is 6.61 Å². The second kappa shape index (κ2) is 5.19. The van der Waals surface area contributed by atoms with E-state index in [0.717, 1.165) is 38.7 Å². The number of aliphatic hydroxyl groups is 1. The summed E-state index contributed by atoms with van der Waals surface area (Å²) in [6, 6.07) is 0. The van der Waals surface area contributed by atoms with Gasteiger partial charge in [0.1, 0.15) is 0 Å². The van der Waals surface area contributed by atoms with Gasteiger partial charge in [0, 0.05) is 19.9 Å². The normalized spacial score (nSPS) is 27.0. The van der Waals surface area contributed by atoms with Gasteiger partial charge in [0.05, 0.1) is 17.9 Å². The average Bonchev–Trinajstić information content (AvgIpc) is 2.73. The Balaban J connectivity index is 1.85. The summed E-state index contributed by atoms with van der Waals surface area (Å²) in [4.78, 5) is 0. The van der Waals surface area contributed by atoms with Crippen LogP contribution in [0.3, 0.4) is 0 Å². The quantitative estimate of drug-likeness (QED) is 0.868. The van der Waals surface area contributed by atoms with E-state index in [1.54, 1.807) is 4.68 Å². The van der Waals surface area contributed by atoms with Gasteiger partial charge in [0.15, 0.2) is 0 Å². The summed E-state index contributed by atoms with van der Waals surface area (Å²) in [5.41, 5.74) is 0.825. The number of hydrogen-bond acceptors (Lipinski definition) is 3. The maximum Gasteiger partial charge on any atom is 0.0912 e. The smallest absolute Gasteiger partial charge is 0.0912 e. The summed E-state index contributed by atoms with van der Waals surface area (Å²) in [6.45, 7) is 2.81. The molecule has 2 unspecified atom stereocenters. The highest BCUT2D eigenvalue weighted by atomic mass is 16.5. The second-order valence-corrected chi connectivity index (χ2v) is 5.19. The standard InChI is InChI=1S/C13H22N2O2/c1-13(7-3-4-8-17-13)12(16)6-5-11-9-14-15(2)10-11/h9-10,12,16H,3-8H2,1-2H3. The Kier molecular flexibility index (Phi) is 3.84. The summed E-state index contributed by atoms with van der Waals surface area (Å²) < 4.78 is 7.54. The van der Waals surface area contributed by atoms with Gasteiger partial charge in [-0.3, -0.25) is 4.68 Å². The van der Waals surface area contributed by atoms with Crippen LogP contribution in [0, 0.1) is 0 Å². The van der Waals surface area contributed by atoms with E-state index in [2.05, 4.69) is 5.10 Å². The highest BCUT2D eigenvalue weighted by molar-refractivity contribution is 5.04. The minimum absolute atomic E-state index is 0.347. The lowest BCUT2D eigenvalue weighted by Crippen LogP contribution is -2.44. The van der Waals surface area contributed by atoms with Crippen molar-refractivity contribution in [2.45, 2.75) is 50.7 Å².